The highest BCUT2D eigenvalue weighted by Gasteiger charge is 2.23. The van der Waals surface area contributed by atoms with Crippen molar-refractivity contribution in [2.24, 2.45) is 0 Å². The monoisotopic (exact) mass is 345 g/mol. The van der Waals surface area contributed by atoms with E-state index in [2.05, 4.69) is 16.9 Å². The molecule has 1 aliphatic heterocycles. The largest absolute Gasteiger partial charge is 0.435 e. The molecule has 2 aromatic rings. The van der Waals surface area contributed by atoms with Gasteiger partial charge in [0, 0.05) is 13.1 Å². The topological polar surface area (TPSA) is 29.5 Å². The third-order valence-electron chi connectivity index (χ3n) is 4.62. The fourth-order valence-corrected chi connectivity index (χ4v) is 3.26. The van der Waals surface area contributed by atoms with Crippen molar-refractivity contribution in [3.8, 4) is 5.75 Å². The third-order valence-corrected chi connectivity index (χ3v) is 4.62. The Balaban J connectivity index is 1.51. The number of likely N-dealkylation sites (tertiary alicyclic amines) is 1. The van der Waals surface area contributed by atoms with Crippen LogP contribution in [-0.2, 0) is 11.2 Å². The van der Waals surface area contributed by atoms with Gasteiger partial charge in [-0.25, -0.2) is 0 Å². The second kappa shape index (κ2) is 8.10. The zero-order valence-electron chi connectivity index (χ0n) is 13.9. The molecule has 1 saturated heterocycles. The smallest absolute Gasteiger partial charge is 0.387 e. The molecule has 5 heteroatoms. The van der Waals surface area contributed by atoms with Crippen molar-refractivity contribution in [1.29, 1.82) is 0 Å². The van der Waals surface area contributed by atoms with Crippen LogP contribution in [-0.4, -0.2) is 30.5 Å². The van der Waals surface area contributed by atoms with Gasteiger partial charge < -0.3 is 9.64 Å². The Morgan fingerprint density at radius 1 is 1.04 bits per heavy atom. The van der Waals surface area contributed by atoms with Crippen LogP contribution in [0.4, 0.5) is 8.78 Å². The molecule has 0 bridgehead atoms. The molecule has 1 amide bonds. The first kappa shape index (κ1) is 17.4. The van der Waals surface area contributed by atoms with Gasteiger partial charge in [0.15, 0.2) is 0 Å². The van der Waals surface area contributed by atoms with Crippen LogP contribution in [0.3, 0.4) is 0 Å². The molecular weight excluding hydrogens is 324 g/mol. The Kier molecular flexibility index (Phi) is 5.64. The zero-order chi connectivity index (χ0) is 17.6. The predicted octanol–water partition coefficient (Wildman–Crippen LogP) is 4.24. The normalized spacial score (nSPS) is 15.4. The Hall–Kier alpha value is -2.43. The first-order valence-electron chi connectivity index (χ1n) is 8.48. The van der Waals surface area contributed by atoms with Gasteiger partial charge in [0.25, 0.3) is 0 Å². The van der Waals surface area contributed by atoms with Gasteiger partial charge in [-0.3, -0.25) is 4.79 Å². The number of carbonyl (C=O) groups is 1. The van der Waals surface area contributed by atoms with E-state index in [1.54, 1.807) is 12.1 Å². The lowest BCUT2D eigenvalue weighted by molar-refractivity contribution is -0.131. The van der Waals surface area contributed by atoms with Crippen molar-refractivity contribution in [1.82, 2.24) is 4.90 Å². The Labute approximate surface area is 146 Å². The van der Waals surface area contributed by atoms with Crippen molar-refractivity contribution in [2.75, 3.05) is 13.1 Å². The van der Waals surface area contributed by atoms with Gasteiger partial charge in [-0.05, 0) is 42.0 Å². The number of rotatable bonds is 5. The van der Waals surface area contributed by atoms with E-state index in [9.17, 15) is 13.6 Å². The molecule has 3 nitrogen and oxygen atoms in total. The highest BCUT2D eigenvalue weighted by Crippen LogP contribution is 2.28. The minimum atomic E-state index is -2.83. The molecule has 1 fully saturated rings. The molecule has 3 rings (SSSR count). The fraction of sp³-hybridized carbons (Fsp3) is 0.350. The van der Waals surface area contributed by atoms with Gasteiger partial charge in [0.1, 0.15) is 5.75 Å². The Morgan fingerprint density at radius 2 is 1.68 bits per heavy atom. The maximum atomic E-state index is 12.4. The third kappa shape index (κ3) is 4.78. The van der Waals surface area contributed by atoms with Gasteiger partial charge >= 0.3 is 6.61 Å². The van der Waals surface area contributed by atoms with Gasteiger partial charge in [0.05, 0.1) is 6.42 Å². The minimum absolute atomic E-state index is 0.0778. The molecule has 1 aliphatic rings. The van der Waals surface area contributed by atoms with Crippen LogP contribution >= 0.6 is 0 Å². The van der Waals surface area contributed by atoms with E-state index in [1.165, 1.54) is 17.7 Å². The van der Waals surface area contributed by atoms with E-state index in [4.69, 9.17) is 0 Å². The summed E-state index contributed by atoms with van der Waals surface area (Å²) in [6.45, 7) is -1.32. The minimum Gasteiger partial charge on any atom is -0.435 e. The average molecular weight is 345 g/mol. The first-order chi connectivity index (χ1) is 12.1. The molecule has 0 radical (unpaired) electrons. The van der Waals surface area contributed by atoms with Crippen LogP contribution in [0.2, 0.25) is 0 Å². The van der Waals surface area contributed by atoms with E-state index in [1.807, 2.05) is 23.1 Å². The molecule has 1 heterocycles. The predicted molar refractivity (Wildman–Crippen MR) is 91.8 cm³/mol. The number of hydrogen-bond acceptors (Lipinski definition) is 2. The first-order valence-corrected chi connectivity index (χ1v) is 8.48. The number of hydrogen-bond donors (Lipinski definition) is 0. The van der Waals surface area contributed by atoms with Gasteiger partial charge in [-0.2, -0.15) is 8.78 Å². The van der Waals surface area contributed by atoms with Crippen LogP contribution in [0.5, 0.6) is 5.75 Å². The zero-order valence-corrected chi connectivity index (χ0v) is 13.9. The Morgan fingerprint density at radius 3 is 2.28 bits per heavy atom. The summed E-state index contributed by atoms with van der Waals surface area (Å²) in [5.41, 5.74) is 2.14. The van der Waals surface area contributed by atoms with Gasteiger partial charge in [-0.1, -0.05) is 42.5 Å². The van der Waals surface area contributed by atoms with Crippen molar-refractivity contribution in [3.63, 3.8) is 0 Å². The fourth-order valence-electron chi connectivity index (χ4n) is 3.26. The number of alkyl halides is 2. The number of nitrogens with zero attached hydrogens (tertiary/aromatic N) is 1. The molecule has 0 spiro atoms. The van der Waals surface area contributed by atoms with Crippen molar-refractivity contribution >= 4 is 5.91 Å². The lowest BCUT2D eigenvalue weighted by atomic mass is 9.89. The quantitative estimate of drug-likeness (QED) is 0.811. The van der Waals surface area contributed by atoms with Crippen LogP contribution in [0.15, 0.2) is 54.6 Å². The van der Waals surface area contributed by atoms with Crippen molar-refractivity contribution in [3.05, 3.63) is 65.7 Å². The van der Waals surface area contributed by atoms with Crippen LogP contribution in [0.25, 0.3) is 0 Å². The van der Waals surface area contributed by atoms with E-state index < -0.39 is 6.61 Å². The standard InChI is InChI=1S/C20H21F2NO2/c21-20(22)25-18-8-6-15(7-9-18)14-19(24)23-12-10-17(11-13-23)16-4-2-1-3-5-16/h1-9,17,20H,10-14H2. The summed E-state index contributed by atoms with van der Waals surface area (Å²) >= 11 is 0. The molecule has 0 unspecified atom stereocenters. The molecular formula is C20H21F2NO2. The van der Waals surface area contributed by atoms with Crippen LogP contribution in [0, 0.1) is 0 Å². The maximum Gasteiger partial charge on any atom is 0.387 e. The second-order valence-electron chi connectivity index (χ2n) is 6.26. The molecule has 0 saturated carbocycles. The number of ether oxygens (including phenoxy) is 1. The summed E-state index contributed by atoms with van der Waals surface area (Å²) in [6.07, 6.45) is 2.22. The van der Waals surface area contributed by atoms with E-state index in [0.29, 0.717) is 5.92 Å². The SMILES string of the molecule is O=C(Cc1ccc(OC(F)F)cc1)N1CCC(c2ccccc2)CC1. The number of carbonyl (C=O) groups excluding carboxylic acids is 1. The molecule has 25 heavy (non-hydrogen) atoms. The number of benzene rings is 2. The van der Waals surface area contributed by atoms with Gasteiger partial charge in [-0.15, -0.1) is 0 Å². The summed E-state index contributed by atoms with van der Waals surface area (Å²) in [4.78, 5) is 14.3. The van der Waals surface area contributed by atoms with E-state index in [0.717, 1.165) is 31.5 Å². The van der Waals surface area contributed by atoms with Crippen LogP contribution in [0.1, 0.15) is 29.9 Å². The summed E-state index contributed by atoms with van der Waals surface area (Å²) in [5, 5.41) is 0. The Bertz CT molecular complexity index is 681. The van der Waals surface area contributed by atoms with E-state index in [-0.39, 0.29) is 18.1 Å². The highest BCUT2D eigenvalue weighted by molar-refractivity contribution is 5.79. The highest BCUT2D eigenvalue weighted by atomic mass is 19.3. The number of halogens is 2. The number of piperidine rings is 1. The summed E-state index contributed by atoms with van der Waals surface area (Å²) in [5.74, 6) is 0.694. The number of amides is 1. The van der Waals surface area contributed by atoms with Crippen molar-refractivity contribution in [2.45, 2.75) is 31.8 Å². The maximum absolute atomic E-state index is 12.4. The summed E-state index contributed by atoms with van der Waals surface area (Å²) in [7, 11) is 0. The average Bonchev–Trinajstić information content (AvgIpc) is 2.64. The van der Waals surface area contributed by atoms with Crippen molar-refractivity contribution < 1.29 is 18.3 Å². The molecule has 132 valence electrons. The van der Waals surface area contributed by atoms with Crippen LogP contribution < -0.4 is 4.74 Å². The summed E-state index contributed by atoms with van der Waals surface area (Å²) in [6, 6.07) is 16.7. The molecule has 0 N–H and O–H groups in total. The molecule has 2 aromatic carbocycles. The lowest BCUT2D eigenvalue weighted by Crippen LogP contribution is -2.38. The molecule has 0 aliphatic carbocycles. The second-order valence-corrected chi connectivity index (χ2v) is 6.26. The summed E-state index contributed by atoms with van der Waals surface area (Å²) < 4.78 is 28.6. The van der Waals surface area contributed by atoms with E-state index >= 15 is 0 Å². The lowest BCUT2D eigenvalue weighted by Gasteiger charge is -2.32. The molecule has 0 atom stereocenters. The molecule has 0 aromatic heterocycles. The van der Waals surface area contributed by atoms with Gasteiger partial charge in [0.2, 0.25) is 5.91 Å².